The summed E-state index contributed by atoms with van der Waals surface area (Å²) < 4.78 is 0. The molecule has 2 aromatic rings. The number of benzene rings is 2. The van der Waals surface area contributed by atoms with Crippen molar-refractivity contribution in [2.24, 2.45) is 0 Å². The summed E-state index contributed by atoms with van der Waals surface area (Å²) >= 11 is 0. The molecule has 2 aliphatic rings. The minimum absolute atomic E-state index is 0.0461. The molecular formula is C17H18N2O. The summed E-state index contributed by atoms with van der Waals surface area (Å²) in [5.41, 5.74) is 10.5. The van der Waals surface area contributed by atoms with Gasteiger partial charge in [0.15, 0.2) is 0 Å². The molecular weight excluding hydrogens is 248 g/mol. The van der Waals surface area contributed by atoms with Crippen LogP contribution in [0.15, 0.2) is 42.5 Å². The average Bonchev–Trinajstić information content (AvgIpc) is 3.01. The lowest BCUT2D eigenvalue weighted by Crippen LogP contribution is -2.41. The molecule has 2 unspecified atom stereocenters. The molecule has 20 heavy (non-hydrogen) atoms. The van der Waals surface area contributed by atoms with Gasteiger partial charge in [0.25, 0.3) is 0 Å². The lowest BCUT2D eigenvalue weighted by atomic mass is 9.86. The van der Waals surface area contributed by atoms with Crippen molar-refractivity contribution in [2.45, 2.75) is 30.9 Å². The summed E-state index contributed by atoms with van der Waals surface area (Å²) in [7, 11) is 0. The van der Waals surface area contributed by atoms with Gasteiger partial charge in [0.2, 0.25) is 0 Å². The predicted molar refractivity (Wildman–Crippen MR) is 80.6 cm³/mol. The molecule has 0 saturated carbocycles. The molecule has 1 aliphatic heterocycles. The first-order valence-electron chi connectivity index (χ1n) is 7.12. The van der Waals surface area contributed by atoms with Crippen molar-refractivity contribution in [1.29, 1.82) is 0 Å². The zero-order valence-electron chi connectivity index (χ0n) is 11.3. The summed E-state index contributed by atoms with van der Waals surface area (Å²) in [5, 5.41) is 14.7. The Kier molecular flexibility index (Phi) is 2.36. The standard InChI is InChI=1S/C17H18N2O/c18-13-5-6-14-11(9-13)7-8-17(14,20)16-10-12-3-1-2-4-15(12)19-16/h1-6,9,16,19-20H,7-8,10,18H2. The highest BCUT2D eigenvalue weighted by atomic mass is 16.3. The third-order valence-corrected chi connectivity index (χ3v) is 4.72. The number of anilines is 2. The Morgan fingerprint density at radius 1 is 1.15 bits per heavy atom. The van der Waals surface area contributed by atoms with Crippen LogP contribution in [0.5, 0.6) is 0 Å². The van der Waals surface area contributed by atoms with Crippen LogP contribution in [-0.2, 0) is 18.4 Å². The van der Waals surface area contributed by atoms with Gasteiger partial charge in [0.1, 0.15) is 5.60 Å². The third-order valence-electron chi connectivity index (χ3n) is 4.72. The largest absolute Gasteiger partial charge is 0.399 e. The molecule has 0 spiro atoms. The maximum atomic E-state index is 11.2. The highest BCUT2D eigenvalue weighted by Crippen LogP contribution is 2.44. The summed E-state index contributed by atoms with van der Waals surface area (Å²) in [6.45, 7) is 0. The van der Waals surface area contributed by atoms with E-state index in [1.54, 1.807) is 0 Å². The maximum absolute atomic E-state index is 11.2. The van der Waals surface area contributed by atoms with Crippen LogP contribution in [0.2, 0.25) is 0 Å². The van der Waals surface area contributed by atoms with Crippen LogP contribution in [0.4, 0.5) is 11.4 Å². The first-order valence-corrected chi connectivity index (χ1v) is 7.12. The van der Waals surface area contributed by atoms with E-state index in [4.69, 9.17) is 5.73 Å². The van der Waals surface area contributed by atoms with E-state index >= 15 is 0 Å². The number of aryl methyl sites for hydroxylation is 1. The van der Waals surface area contributed by atoms with Gasteiger partial charge in [-0.3, -0.25) is 0 Å². The van der Waals surface area contributed by atoms with Gasteiger partial charge in [-0.05, 0) is 54.2 Å². The van der Waals surface area contributed by atoms with E-state index in [0.29, 0.717) is 0 Å². The van der Waals surface area contributed by atoms with E-state index in [2.05, 4.69) is 23.5 Å². The Morgan fingerprint density at radius 3 is 2.85 bits per heavy atom. The Morgan fingerprint density at radius 2 is 2.00 bits per heavy atom. The van der Waals surface area contributed by atoms with Crippen molar-refractivity contribution < 1.29 is 5.11 Å². The molecule has 3 heteroatoms. The van der Waals surface area contributed by atoms with Gasteiger partial charge in [0, 0.05) is 11.4 Å². The number of aliphatic hydroxyl groups is 1. The van der Waals surface area contributed by atoms with E-state index in [1.807, 2.05) is 24.3 Å². The third kappa shape index (κ3) is 1.56. The SMILES string of the molecule is Nc1ccc2c(c1)CCC2(O)C1Cc2ccccc2N1. The van der Waals surface area contributed by atoms with Gasteiger partial charge in [-0.25, -0.2) is 0 Å². The minimum atomic E-state index is -0.790. The number of nitrogens with two attached hydrogens (primary N) is 1. The summed E-state index contributed by atoms with van der Waals surface area (Å²) in [6, 6.07) is 14.2. The Bertz CT molecular complexity index is 657. The number of hydrogen-bond acceptors (Lipinski definition) is 3. The van der Waals surface area contributed by atoms with Gasteiger partial charge >= 0.3 is 0 Å². The maximum Gasteiger partial charge on any atom is 0.111 e. The minimum Gasteiger partial charge on any atom is -0.399 e. The van der Waals surface area contributed by atoms with Crippen molar-refractivity contribution in [1.82, 2.24) is 0 Å². The molecule has 2 aromatic carbocycles. The quantitative estimate of drug-likeness (QED) is 0.695. The van der Waals surface area contributed by atoms with E-state index in [0.717, 1.165) is 36.2 Å². The van der Waals surface area contributed by atoms with Crippen molar-refractivity contribution in [3.8, 4) is 0 Å². The van der Waals surface area contributed by atoms with Crippen molar-refractivity contribution in [3.05, 3.63) is 59.2 Å². The average molecular weight is 266 g/mol. The van der Waals surface area contributed by atoms with Crippen LogP contribution < -0.4 is 11.1 Å². The van der Waals surface area contributed by atoms with Crippen LogP contribution in [0.1, 0.15) is 23.1 Å². The second-order valence-corrected chi connectivity index (χ2v) is 5.90. The van der Waals surface area contributed by atoms with Crippen LogP contribution in [0, 0.1) is 0 Å². The zero-order chi connectivity index (χ0) is 13.7. The van der Waals surface area contributed by atoms with Crippen molar-refractivity contribution in [3.63, 3.8) is 0 Å². The predicted octanol–water partition coefficient (Wildman–Crippen LogP) is 2.44. The van der Waals surface area contributed by atoms with Gasteiger partial charge in [-0.1, -0.05) is 24.3 Å². The van der Waals surface area contributed by atoms with Crippen molar-refractivity contribution in [2.75, 3.05) is 11.1 Å². The first kappa shape index (κ1) is 11.8. The van der Waals surface area contributed by atoms with E-state index in [9.17, 15) is 5.11 Å². The van der Waals surface area contributed by atoms with Gasteiger partial charge < -0.3 is 16.2 Å². The van der Waals surface area contributed by atoms with E-state index in [-0.39, 0.29) is 6.04 Å². The van der Waals surface area contributed by atoms with Gasteiger partial charge in [-0.2, -0.15) is 0 Å². The van der Waals surface area contributed by atoms with E-state index < -0.39 is 5.60 Å². The second kappa shape index (κ2) is 4.00. The molecule has 0 aromatic heterocycles. The molecule has 0 fully saturated rings. The number of rotatable bonds is 1. The number of para-hydroxylation sites is 1. The number of nitrogens with one attached hydrogen (secondary N) is 1. The molecule has 0 bridgehead atoms. The van der Waals surface area contributed by atoms with Crippen LogP contribution >= 0.6 is 0 Å². The summed E-state index contributed by atoms with van der Waals surface area (Å²) in [6.07, 6.45) is 2.53. The zero-order valence-corrected chi connectivity index (χ0v) is 11.3. The Balaban J connectivity index is 1.72. The van der Waals surface area contributed by atoms with E-state index in [1.165, 1.54) is 11.1 Å². The number of nitrogen functional groups attached to an aromatic ring is 1. The van der Waals surface area contributed by atoms with Crippen LogP contribution in [0.25, 0.3) is 0 Å². The molecule has 4 rings (SSSR count). The van der Waals surface area contributed by atoms with Crippen molar-refractivity contribution >= 4 is 11.4 Å². The topological polar surface area (TPSA) is 58.3 Å². The molecule has 1 heterocycles. The lowest BCUT2D eigenvalue weighted by molar-refractivity contribution is 0.0202. The summed E-state index contributed by atoms with van der Waals surface area (Å²) in [5.74, 6) is 0. The lowest BCUT2D eigenvalue weighted by Gasteiger charge is -2.31. The van der Waals surface area contributed by atoms with Crippen LogP contribution in [-0.4, -0.2) is 11.1 Å². The normalized spacial score (nSPS) is 26.9. The second-order valence-electron chi connectivity index (χ2n) is 5.90. The Labute approximate surface area is 118 Å². The fraction of sp³-hybridized carbons (Fsp3) is 0.294. The fourth-order valence-corrected chi connectivity index (χ4v) is 3.65. The molecule has 102 valence electrons. The van der Waals surface area contributed by atoms with Gasteiger partial charge in [-0.15, -0.1) is 0 Å². The molecule has 0 amide bonds. The molecule has 4 N–H and O–H groups in total. The highest BCUT2D eigenvalue weighted by molar-refractivity contribution is 5.59. The smallest absolute Gasteiger partial charge is 0.111 e. The Hall–Kier alpha value is -2.00. The van der Waals surface area contributed by atoms with Gasteiger partial charge in [0.05, 0.1) is 6.04 Å². The molecule has 3 nitrogen and oxygen atoms in total. The number of fused-ring (bicyclic) bond motifs is 2. The number of hydrogen-bond donors (Lipinski definition) is 3. The molecule has 0 radical (unpaired) electrons. The highest BCUT2D eigenvalue weighted by Gasteiger charge is 2.45. The van der Waals surface area contributed by atoms with Crippen LogP contribution in [0.3, 0.4) is 0 Å². The molecule has 2 atom stereocenters. The summed E-state index contributed by atoms with van der Waals surface area (Å²) in [4.78, 5) is 0. The first-order chi connectivity index (χ1) is 9.67. The molecule has 0 saturated heterocycles. The monoisotopic (exact) mass is 266 g/mol. The fourth-order valence-electron chi connectivity index (χ4n) is 3.65. The molecule has 1 aliphatic carbocycles.